The van der Waals surface area contributed by atoms with Gasteiger partial charge in [-0.05, 0) is 41.1 Å². The second kappa shape index (κ2) is 5.92. The van der Waals surface area contributed by atoms with E-state index in [1.165, 1.54) is 25.3 Å². The van der Waals surface area contributed by atoms with Crippen LogP contribution in [-0.4, -0.2) is 27.8 Å². The van der Waals surface area contributed by atoms with Gasteiger partial charge in [-0.3, -0.25) is 9.59 Å². The molecule has 0 aliphatic rings. The molecule has 0 saturated carbocycles. The number of amides is 1. The minimum atomic E-state index is -1.15. The first-order valence-corrected chi connectivity index (χ1v) is 6.72. The lowest BCUT2D eigenvalue weighted by molar-refractivity contribution is 0.0697. The first-order valence-electron chi connectivity index (χ1n) is 5.92. The largest absolute Gasteiger partial charge is 0.478 e. The molecule has 6 nitrogen and oxygen atoms in total. The lowest BCUT2D eigenvalue weighted by Crippen LogP contribution is -2.15. The van der Waals surface area contributed by atoms with Gasteiger partial charge in [0.2, 0.25) is 0 Å². The van der Waals surface area contributed by atoms with Crippen LogP contribution in [0.5, 0.6) is 0 Å². The monoisotopic (exact) mass is 350 g/mol. The molecule has 2 rings (SSSR count). The first kappa shape index (κ1) is 15.0. The van der Waals surface area contributed by atoms with Crippen LogP contribution in [0.4, 0.5) is 5.69 Å². The van der Waals surface area contributed by atoms with Gasteiger partial charge in [-0.1, -0.05) is 6.07 Å². The molecule has 1 amide bonds. The summed E-state index contributed by atoms with van der Waals surface area (Å²) >= 11 is 3.20. The van der Waals surface area contributed by atoms with Crippen molar-refractivity contribution >= 4 is 39.3 Å². The van der Waals surface area contributed by atoms with Crippen molar-refractivity contribution in [3.63, 3.8) is 0 Å². The highest BCUT2D eigenvalue weighted by molar-refractivity contribution is 9.10. The summed E-state index contributed by atoms with van der Waals surface area (Å²) < 4.78 is 0.453. The second-order valence-electron chi connectivity index (χ2n) is 4.28. The second-order valence-corrected chi connectivity index (χ2v) is 5.13. The van der Waals surface area contributed by atoms with E-state index in [1.54, 1.807) is 12.1 Å². The van der Waals surface area contributed by atoms with Crippen molar-refractivity contribution in [1.29, 1.82) is 0 Å². The number of aromatic carboxylic acids is 1. The number of halogens is 1. The van der Waals surface area contributed by atoms with E-state index in [-0.39, 0.29) is 22.7 Å². The zero-order valence-electron chi connectivity index (χ0n) is 10.9. The average Bonchev–Trinajstić information content (AvgIpc) is 2.90. The molecule has 2 aromatic rings. The van der Waals surface area contributed by atoms with Crippen LogP contribution < -0.4 is 5.32 Å². The smallest absolute Gasteiger partial charge is 0.337 e. The Morgan fingerprint density at radius 1 is 1.29 bits per heavy atom. The predicted octanol–water partition coefficient (Wildman–Crippen LogP) is 2.93. The van der Waals surface area contributed by atoms with Crippen molar-refractivity contribution in [3.05, 3.63) is 51.8 Å². The maximum Gasteiger partial charge on any atom is 0.337 e. The number of anilines is 1. The maximum atomic E-state index is 12.1. The molecule has 1 heterocycles. The number of ketones is 1. The topological polar surface area (TPSA) is 99.3 Å². The molecule has 0 radical (unpaired) electrons. The van der Waals surface area contributed by atoms with Crippen molar-refractivity contribution in [2.24, 2.45) is 0 Å². The molecule has 0 saturated heterocycles. The predicted molar refractivity (Wildman–Crippen MR) is 79.9 cm³/mol. The number of nitrogens with one attached hydrogen (secondary N) is 2. The van der Waals surface area contributed by atoms with E-state index in [1.807, 2.05) is 0 Å². The molecular weight excluding hydrogens is 340 g/mol. The normalized spacial score (nSPS) is 10.2. The van der Waals surface area contributed by atoms with E-state index in [0.717, 1.165) is 0 Å². The number of aromatic amines is 1. The highest BCUT2D eigenvalue weighted by Crippen LogP contribution is 2.27. The molecule has 0 atom stereocenters. The van der Waals surface area contributed by atoms with Crippen LogP contribution in [0.1, 0.15) is 38.1 Å². The molecule has 0 aliphatic carbocycles. The Bertz CT molecular complexity index is 736. The molecule has 0 fully saturated rings. The third-order valence-electron chi connectivity index (χ3n) is 2.82. The molecule has 1 aromatic carbocycles. The molecule has 1 aromatic heterocycles. The number of carbonyl (C=O) groups excluding carboxylic acids is 2. The van der Waals surface area contributed by atoms with Crippen LogP contribution in [0.3, 0.4) is 0 Å². The number of H-pyrrole nitrogens is 1. The highest BCUT2D eigenvalue weighted by atomic mass is 79.9. The molecule has 0 bridgehead atoms. The Balaban J connectivity index is 2.31. The van der Waals surface area contributed by atoms with Crippen LogP contribution in [0.2, 0.25) is 0 Å². The third kappa shape index (κ3) is 3.19. The van der Waals surface area contributed by atoms with E-state index in [2.05, 4.69) is 26.2 Å². The number of aromatic nitrogens is 1. The number of carboxylic acids is 1. The van der Waals surface area contributed by atoms with E-state index in [4.69, 9.17) is 5.11 Å². The number of hydrogen-bond acceptors (Lipinski definition) is 3. The van der Waals surface area contributed by atoms with Gasteiger partial charge >= 0.3 is 5.97 Å². The van der Waals surface area contributed by atoms with Crippen LogP contribution in [0.15, 0.2) is 34.9 Å². The summed E-state index contributed by atoms with van der Waals surface area (Å²) in [5.74, 6) is -1.85. The summed E-state index contributed by atoms with van der Waals surface area (Å²) in [7, 11) is 0. The van der Waals surface area contributed by atoms with Gasteiger partial charge in [0.25, 0.3) is 5.91 Å². The zero-order valence-corrected chi connectivity index (χ0v) is 12.5. The Kier molecular flexibility index (Phi) is 4.23. The van der Waals surface area contributed by atoms with E-state index in [9.17, 15) is 14.4 Å². The Hall–Kier alpha value is -2.41. The van der Waals surface area contributed by atoms with Crippen molar-refractivity contribution in [2.75, 3.05) is 5.32 Å². The number of hydrogen-bond donors (Lipinski definition) is 3. The van der Waals surface area contributed by atoms with Gasteiger partial charge in [0.15, 0.2) is 5.78 Å². The summed E-state index contributed by atoms with van der Waals surface area (Å²) in [6, 6.07) is 5.98. The number of para-hydroxylation sites is 1. The maximum absolute atomic E-state index is 12.1. The van der Waals surface area contributed by atoms with E-state index < -0.39 is 11.9 Å². The first-order chi connectivity index (χ1) is 9.90. The van der Waals surface area contributed by atoms with Crippen LogP contribution in [0, 0.1) is 0 Å². The van der Waals surface area contributed by atoms with Gasteiger partial charge in [0, 0.05) is 16.2 Å². The third-order valence-corrected chi connectivity index (χ3v) is 3.48. The Labute approximate surface area is 128 Å². The molecule has 21 heavy (non-hydrogen) atoms. The van der Waals surface area contributed by atoms with Crippen LogP contribution in [-0.2, 0) is 0 Å². The number of Topliss-reactive ketones (excluding diaryl/α,β-unsaturated/α-hetero) is 1. The van der Waals surface area contributed by atoms with Gasteiger partial charge in [-0.2, -0.15) is 0 Å². The molecule has 108 valence electrons. The Morgan fingerprint density at radius 2 is 2.00 bits per heavy atom. The summed E-state index contributed by atoms with van der Waals surface area (Å²) in [4.78, 5) is 37.2. The number of benzene rings is 1. The van der Waals surface area contributed by atoms with Crippen LogP contribution >= 0.6 is 15.9 Å². The fraction of sp³-hybridized carbons (Fsp3) is 0.0714. The summed E-state index contributed by atoms with van der Waals surface area (Å²) in [5, 5.41) is 11.6. The quantitative estimate of drug-likeness (QED) is 0.738. The molecule has 0 spiro atoms. The highest BCUT2D eigenvalue weighted by Gasteiger charge is 2.17. The summed E-state index contributed by atoms with van der Waals surface area (Å²) in [5.41, 5.74) is 0.683. The molecule has 0 unspecified atom stereocenters. The minimum Gasteiger partial charge on any atom is -0.478 e. The number of rotatable bonds is 4. The average molecular weight is 351 g/mol. The van der Waals surface area contributed by atoms with E-state index in [0.29, 0.717) is 10.0 Å². The lowest BCUT2D eigenvalue weighted by Gasteiger charge is -2.09. The molecular formula is C14H11BrN2O4. The molecule has 7 heteroatoms. The van der Waals surface area contributed by atoms with Crippen molar-refractivity contribution in [3.8, 4) is 0 Å². The lowest BCUT2D eigenvalue weighted by atomic mass is 10.1. The van der Waals surface area contributed by atoms with Gasteiger partial charge in [0.05, 0.1) is 11.3 Å². The van der Waals surface area contributed by atoms with Gasteiger partial charge in [0.1, 0.15) is 5.69 Å². The SMILES string of the molecule is CC(=O)c1c[nH]c(C(=O)Nc2c(Br)cccc2C(=O)O)c1. The number of carbonyl (C=O) groups is 3. The summed E-state index contributed by atoms with van der Waals surface area (Å²) in [6.45, 7) is 1.39. The van der Waals surface area contributed by atoms with Gasteiger partial charge in [-0.15, -0.1) is 0 Å². The fourth-order valence-corrected chi connectivity index (χ4v) is 2.20. The standard InChI is InChI=1S/C14H11BrN2O4/c1-7(18)8-5-11(16-6-8)13(19)17-12-9(14(20)21)3-2-4-10(12)15/h2-6,16H,1H3,(H,17,19)(H,20,21). The van der Waals surface area contributed by atoms with Crippen molar-refractivity contribution in [1.82, 2.24) is 4.98 Å². The van der Waals surface area contributed by atoms with Gasteiger partial charge < -0.3 is 15.4 Å². The number of carboxylic acid groups (broad SMARTS) is 1. The minimum absolute atomic E-state index is 0.0314. The zero-order chi connectivity index (χ0) is 15.6. The summed E-state index contributed by atoms with van der Waals surface area (Å²) in [6.07, 6.45) is 1.43. The Morgan fingerprint density at radius 3 is 2.57 bits per heavy atom. The fourth-order valence-electron chi connectivity index (χ4n) is 1.74. The van der Waals surface area contributed by atoms with Gasteiger partial charge in [-0.25, -0.2) is 4.79 Å². The van der Waals surface area contributed by atoms with Crippen molar-refractivity contribution in [2.45, 2.75) is 6.92 Å². The molecule has 0 aliphatic heterocycles. The van der Waals surface area contributed by atoms with Crippen LogP contribution in [0.25, 0.3) is 0 Å². The van der Waals surface area contributed by atoms with Crippen molar-refractivity contribution < 1.29 is 19.5 Å². The molecule has 3 N–H and O–H groups in total. The van der Waals surface area contributed by atoms with E-state index >= 15 is 0 Å².